The Balaban J connectivity index is 1.78. The van der Waals surface area contributed by atoms with Gasteiger partial charge in [0.15, 0.2) is 0 Å². The Bertz CT molecular complexity index is 705. The Morgan fingerprint density at radius 3 is 2.54 bits per heavy atom. The fourth-order valence-electron chi connectivity index (χ4n) is 2.49. The van der Waals surface area contributed by atoms with Gasteiger partial charge in [0, 0.05) is 17.6 Å². The van der Waals surface area contributed by atoms with Crippen LogP contribution in [0.4, 0.5) is 0 Å². The van der Waals surface area contributed by atoms with Crippen LogP contribution in [0.1, 0.15) is 22.8 Å². The zero-order valence-electron chi connectivity index (χ0n) is 15.0. The maximum atomic E-state index is 11.6. The molecule has 0 bridgehead atoms. The average Bonchev–Trinajstić information content (AvgIpc) is 2.62. The molecule has 0 heterocycles. The van der Waals surface area contributed by atoms with Crippen LogP contribution in [0, 0.1) is 0 Å². The number of carbonyl (C=O) groups is 1. The van der Waals surface area contributed by atoms with Crippen molar-refractivity contribution in [1.29, 1.82) is 0 Å². The molecule has 0 saturated heterocycles. The van der Waals surface area contributed by atoms with Gasteiger partial charge in [-0.05, 0) is 49.9 Å². The van der Waals surface area contributed by atoms with Crippen LogP contribution < -0.4 is 4.74 Å². The van der Waals surface area contributed by atoms with E-state index in [9.17, 15) is 9.90 Å². The smallest absolute Gasteiger partial charge is 0.338 e. The summed E-state index contributed by atoms with van der Waals surface area (Å²) >= 11 is 3.53. The summed E-state index contributed by atoms with van der Waals surface area (Å²) in [6, 6.07) is 14.7. The van der Waals surface area contributed by atoms with E-state index in [0.29, 0.717) is 24.5 Å². The maximum absolute atomic E-state index is 11.6. The van der Waals surface area contributed by atoms with Gasteiger partial charge in [-0.2, -0.15) is 0 Å². The molecule has 0 amide bonds. The summed E-state index contributed by atoms with van der Waals surface area (Å²) in [6.07, 6.45) is -0.618. The van der Waals surface area contributed by atoms with Crippen molar-refractivity contribution in [3.63, 3.8) is 0 Å². The lowest BCUT2D eigenvalue weighted by atomic mass is 10.2. The Kier molecular flexibility index (Phi) is 8.09. The van der Waals surface area contributed by atoms with Gasteiger partial charge in [-0.3, -0.25) is 4.90 Å². The van der Waals surface area contributed by atoms with Gasteiger partial charge in [0.2, 0.25) is 0 Å². The summed E-state index contributed by atoms with van der Waals surface area (Å²) in [5, 5.41) is 10.2. The van der Waals surface area contributed by atoms with Crippen LogP contribution in [0.25, 0.3) is 0 Å². The molecule has 2 aromatic rings. The second kappa shape index (κ2) is 10.3. The van der Waals surface area contributed by atoms with Crippen LogP contribution in [-0.2, 0) is 11.3 Å². The minimum atomic E-state index is -0.618. The van der Waals surface area contributed by atoms with Crippen LogP contribution in [0.3, 0.4) is 0 Å². The van der Waals surface area contributed by atoms with E-state index in [-0.39, 0.29) is 12.6 Å². The van der Waals surface area contributed by atoms with E-state index in [4.69, 9.17) is 9.47 Å². The Morgan fingerprint density at radius 1 is 1.19 bits per heavy atom. The number of benzene rings is 2. The first-order chi connectivity index (χ1) is 12.5. The van der Waals surface area contributed by atoms with Crippen molar-refractivity contribution in [2.75, 3.05) is 26.8 Å². The van der Waals surface area contributed by atoms with Crippen LogP contribution in [-0.4, -0.2) is 48.9 Å². The summed E-state index contributed by atoms with van der Waals surface area (Å²) in [6.45, 7) is 3.51. The minimum Gasteiger partial charge on any atom is -0.491 e. The van der Waals surface area contributed by atoms with Gasteiger partial charge in [-0.15, -0.1) is 0 Å². The molecule has 140 valence electrons. The summed E-state index contributed by atoms with van der Waals surface area (Å²) in [4.78, 5) is 13.6. The highest BCUT2D eigenvalue weighted by molar-refractivity contribution is 9.10. The molecule has 0 aliphatic carbocycles. The Labute approximate surface area is 162 Å². The minimum absolute atomic E-state index is 0.180. The molecule has 0 radical (unpaired) electrons. The fourth-order valence-corrected chi connectivity index (χ4v) is 2.90. The lowest BCUT2D eigenvalue weighted by molar-refractivity contribution is 0.0525. The topological polar surface area (TPSA) is 59.0 Å². The summed E-state index contributed by atoms with van der Waals surface area (Å²) in [7, 11) is 1.96. The first kappa shape index (κ1) is 20.4. The number of ether oxygens (including phenoxy) is 2. The molecule has 1 atom stereocenters. The van der Waals surface area contributed by atoms with Crippen molar-refractivity contribution in [2.45, 2.75) is 19.6 Å². The van der Waals surface area contributed by atoms with Crippen LogP contribution in [0.15, 0.2) is 53.0 Å². The molecule has 0 fully saturated rings. The number of likely N-dealkylation sites (N-methyl/N-ethyl adjacent to an activating group) is 1. The van der Waals surface area contributed by atoms with E-state index in [1.165, 1.54) is 0 Å². The predicted octanol–water partition coefficient (Wildman–Crippen LogP) is 3.50. The third-order valence-corrected chi connectivity index (χ3v) is 4.50. The third-order valence-electron chi connectivity index (χ3n) is 3.73. The highest BCUT2D eigenvalue weighted by atomic mass is 79.9. The van der Waals surface area contributed by atoms with Crippen molar-refractivity contribution >= 4 is 21.9 Å². The van der Waals surface area contributed by atoms with Gasteiger partial charge in [-0.1, -0.05) is 34.1 Å². The van der Waals surface area contributed by atoms with Gasteiger partial charge in [-0.25, -0.2) is 4.79 Å². The molecule has 0 aliphatic heterocycles. The van der Waals surface area contributed by atoms with Crippen molar-refractivity contribution in [2.24, 2.45) is 0 Å². The largest absolute Gasteiger partial charge is 0.491 e. The number of aliphatic hydroxyl groups is 1. The van der Waals surface area contributed by atoms with Crippen molar-refractivity contribution in [3.05, 3.63) is 64.1 Å². The van der Waals surface area contributed by atoms with Crippen LogP contribution in [0.5, 0.6) is 5.75 Å². The molecule has 2 aromatic carbocycles. The number of hydrogen-bond acceptors (Lipinski definition) is 5. The van der Waals surface area contributed by atoms with Crippen LogP contribution >= 0.6 is 15.9 Å². The van der Waals surface area contributed by atoms with E-state index in [2.05, 4.69) is 22.0 Å². The van der Waals surface area contributed by atoms with Gasteiger partial charge in [0.05, 0.1) is 12.2 Å². The third kappa shape index (κ3) is 6.44. The first-order valence-electron chi connectivity index (χ1n) is 8.49. The number of aliphatic hydroxyl groups excluding tert-OH is 1. The number of hydrogen-bond donors (Lipinski definition) is 1. The number of rotatable bonds is 9. The lowest BCUT2D eigenvalue weighted by Gasteiger charge is -2.21. The van der Waals surface area contributed by atoms with Gasteiger partial charge in [0.25, 0.3) is 0 Å². The molecule has 1 unspecified atom stereocenters. The average molecular weight is 422 g/mol. The second-order valence-electron chi connectivity index (χ2n) is 6.00. The molecule has 0 aromatic heterocycles. The monoisotopic (exact) mass is 421 g/mol. The fraction of sp³-hybridized carbons (Fsp3) is 0.350. The molecular weight excluding hydrogens is 398 g/mol. The molecule has 0 aliphatic rings. The van der Waals surface area contributed by atoms with Gasteiger partial charge >= 0.3 is 5.97 Å². The SMILES string of the molecule is CCOC(=O)c1ccc(OCC(O)CN(C)Cc2ccccc2Br)cc1. The molecular formula is C20H24BrNO4. The number of nitrogens with zero attached hydrogens (tertiary/aromatic N) is 1. The number of esters is 1. The van der Waals surface area contributed by atoms with Crippen molar-refractivity contribution < 1.29 is 19.4 Å². The summed E-state index contributed by atoms with van der Waals surface area (Å²) in [5.41, 5.74) is 1.64. The van der Waals surface area contributed by atoms with Gasteiger partial charge < -0.3 is 14.6 Å². The quantitative estimate of drug-likeness (QED) is 0.627. The molecule has 6 heteroatoms. The maximum Gasteiger partial charge on any atom is 0.338 e. The highest BCUT2D eigenvalue weighted by Gasteiger charge is 2.11. The zero-order valence-corrected chi connectivity index (χ0v) is 16.6. The van der Waals surface area contributed by atoms with E-state index in [1.54, 1.807) is 31.2 Å². The normalized spacial score (nSPS) is 12.0. The van der Waals surface area contributed by atoms with E-state index in [0.717, 1.165) is 16.6 Å². The molecule has 0 saturated carbocycles. The van der Waals surface area contributed by atoms with Crippen molar-refractivity contribution in [1.82, 2.24) is 4.90 Å². The predicted molar refractivity (Wildman–Crippen MR) is 104 cm³/mol. The van der Waals surface area contributed by atoms with Gasteiger partial charge in [0.1, 0.15) is 18.5 Å². The van der Waals surface area contributed by atoms with Crippen molar-refractivity contribution in [3.8, 4) is 5.75 Å². The summed E-state index contributed by atoms with van der Waals surface area (Å²) in [5.74, 6) is 0.248. The molecule has 0 spiro atoms. The molecule has 5 nitrogen and oxygen atoms in total. The molecule has 1 N–H and O–H groups in total. The van der Waals surface area contributed by atoms with Crippen LogP contribution in [0.2, 0.25) is 0 Å². The lowest BCUT2D eigenvalue weighted by Crippen LogP contribution is -2.32. The van der Waals surface area contributed by atoms with E-state index < -0.39 is 6.10 Å². The Hall–Kier alpha value is -1.89. The number of carbonyl (C=O) groups excluding carboxylic acids is 1. The van der Waals surface area contributed by atoms with E-state index in [1.807, 2.05) is 30.1 Å². The summed E-state index contributed by atoms with van der Waals surface area (Å²) < 4.78 is 11.6. The Morgan fingerprint density at radius 2 is 1.88 bits per heavy atom. The molecule has 26 heavy (non-hydrogen) atoms. The highest BCUT2D eigenvalue weighted by Crippen LogP contribution is 2.17. The molecule has 2 rings (SSSR count). The zero-order chi connectivity index (χ0) is 18.9. The first-order valence-corrected chi connectivity index (χ1v) is 9.29. The number of halogens is 1. The van der Waals surface area contributed by atoms with E-state index >= 15 is 0 Å². The second-order valence-corrected chi connectivity index (χ2v) is 6.85. The standard InChI is InChI=1S/C20H24BrNO4/c1-3-25-20(24)15-8-10-18(11-9-15)26-14-17(23)13-22(2)12-16-6-4-5-7-19(16)21/h4-11,17,23H,3,12-14H2,1-2H3.